The van der Waals surface area contributed by atoms with Gasteiger partial charge in [-0.05, 0) is 29.0 Å². The van der Waals surface area contributed by atoms with Gasteiger partial charge in [0.1, 0.15) is 0 Å². The van der Waals surface area contributed by atoms with E-state index in [0.717, 1.165) is 5.56 Å². The molecule has 0 heterocycles. The first-order valence-electron chi connectivity index (χ1n) is 6.30. The number of phenols is 1. The van der Waals surface area contributed by atoms with Gasteiger partial charge in [-0.25, -0.2) is 0 Å². The molecule has 106 valence electrons. The minimum Gasteiger partial charge on any atom is -0.504 e. The zero-order valence-electron chi connectivity index (χ0n) is 12.2. The van der Waals surface area contributed by atoms with Gasteiger partial charge in [0.15, 0.2) is 11.5 Å². The van der Waals surface area contributed by atoms with Gasteiger partial charge in [0.2, 0.25) is 0 Å². The van der Waals surface area contributed by atoms with Crippen LogP contribution in [0.5, 0.6) is 11.5 Å². The fourth-order valence-electron chi connectivity index (χ4n) is 1.83. The maximum absolute atomic E-state index is 10.9. The molecule has 1 unspecified atom stereocenters. The molecule has 0 radical (unpaired) electrons. The first-order chi connectivity index (χ1) is 8.66. The summed E-state index contributed by atoms with van der Waals surface area (Å²) >= 11 is 0. The molecule has 0 amide bonds. The van der Waals surface area contributed by atoms with Gasteiger partial charge in [-0.1, -0.05) is 33.8 Å². The predicted octanol–water partition coefficient (Wildman–Crippen LogP) is 2.96. The van der Waals surface area contributed by atoms with E-state index in [1.54, 1.807) is 13.0 Å². The van der Waals surface area contributed by atoms with E-state index in [-0.39, 0.29) is 17.6 Å². The van der Waals surface area contributed by atoms with Gasteiger partial charge in [-0.15, -0.1) is 0 Å². The van der Waals surface area contributed by atoms with Crippen molar-refractivity contribution < 1.29 is 19.7 Å². The second-order valence-electron chi connectivity index (χ2n) is 5.88. The fourth-order valence-corrected chi connectivity index (χ4v) is 1.83. The van der Waals surface area contributed by atoms with E-state index >= 15 is 0 Å². The summed E-state index contributed by atoms with van der Waals surface area (Å²) < 4.78 is 5.17. The average Bonchev–Trinajstić information content (AvgIpc) is 2.29. The summed E-state index contributed by atoms with van der Waals surface area (Å²) in [7, 11) is 1.49. The van der Waals surface area contributed by atoms with Crippen LogP contribution in [-0.4, -0.2) is 23.3 Å². The topological polar surface area (TPSA) is 66.8 Å². The van der Waals surface area contributed by atoms with E-state index in [1.165, 1.54) is 7.11 Å². The molecule has 4 nitrogen and oxygen atoms in total. The molecule has 19 heavy (non-hydrogen) atoms. The normalized spacial score (nSPS) is 13.1. The van der Waals surface area contributed by atoms with Crippen molar-refractivity contribution in [2.45, 2.75) is 39.5 Å². The third kappa shape index (κ3) is 3.63. The lowest BCUT2D eigenvalue weighted by atomic mass is 9.84. The summed E-state index contributed by atoms with van der Waals surface area (Å²) in [5.74, 6) is -1.01. The lowest BCUT2D eigenvalue weighted by Gasteiger charge is -2.22. The van der Waals surface area contributed by atoms with Crippen molar-refractivity contribution in [3.63, 3.8) is 0 Å². The highest BCUT2D eigenvalue weighted by Crippen LogP contribution is 2.36. The van der Waals surface area contributed by atoms with Gasteiger partial charge in [-0.2, -0.15) is 0 Å². The number of methoxy groups -OCH3 is 1. The van der Waals surface area contributed by atoms with Gasteiger partial charge in [0.25, 0.3) is 0 Å². The van der Waals surface area contributed by atoms with Gasteiger partial charge < -0.3 is 14.9 Å². The summed E-state index contributed by atoms with van der Waals surface area (Å²) in [5, 5.41) is 19.1. The molecule has 1 aromatic carbocycles. The number of carboxylic acids is 1. The second kappa shape index (κ2) is 5.51. The Morgan fingerprint density at radius 3 is 2.37 bits per heavy atom. The number of rotatable bonds is 4. The Balaban J connectivity index is 3.26. The molecule has 0 saturated heterocycles. The first-order valence-corrected chi connectivity index (χ1v) is 6.30. The molecule has 2 N–H and O–H groups in total. The Bertz CT molecular complexity index is 472. The molecule has 0 spiro atoms. The third-order valence-corrected chi connectivity index (χ3v) is 3.19. The molecule has 0 bridgehead atoms. The van der Waals surface area contributed by atoms with Crippen LogP contribution in [0.3, 0.4) is 0 Å². The number of ether oxygens (including phenoxy) is 1. The number of hydrogen-bond donors (Lipinski definition) is 2. The molecule has 0 aliphatic rings. The zero-order chi connectivity index (χ0) is 14.8. The summed E-state index contributed by atoms with van der Waals surface area (Å²) in [5.41, 5.74) is 1.52. The molecule has 0 saturated carbocycles. The van der Waals surface area contributed by atoms with Crippen molar-refractivity contribution in [3.05, 3.63) is 23.3 Å². The molecule has 1 atom stereocenters. The quantitative estimate of drug-likeness (QED) is 0.879. The van der Waals surface area contributed by atoms with Crippen LogP contribution in [-0.2, 0) is 16.6 Å². The summed E-state index contributed by atoms with van der Waals surface area (Å²) in [4.78, 5) is 10.9. The monoisotopic (exact) mass is 266 g/mol. The molecular formula is C15H22O4. The largest absolute Gasteiger partial charge is 0.504 e. The number of aliphatic carboxylic acids is 1. The average molecular weight is 266 g/mol. The second-order valence-corrected chi connectivity index (χ2v) is 5.88. The lowest BCUT2D eigenvalue weighted by Crippen LogP contribution is -2.15. The van der Waals surface area contributed by atoms with Gasteiger partial charge in [-0.3, -0.25) is 4.79 Å². The highest BCUT2D eigenvalue weighted by molar-refractivity contribution is 5.70. The van der Waals surface area contributed by atoms with E-state index in [9.17, 15) is 9.90 Å². The van der Waals surface area contributed by atoms with Crippen LogP contribution in [0.4, 0.5) is 0 Å². The van der Waals surface area contributed by atoms with Crippen LogP contribution in [0, 0.1) is 5.92 Å². The van der Waals surface area contributed by atoms with Crippen LogP contribution >= 0.6 is 0 Å². The van der Waals surface area contributed by atoms with E-state index in [4.69, 9.17) is 9.84 Å². The van der Waals surface area contributed by atoms with Crippen LogP contribution in [0.25, 0.3) is 0 Å². The van der Waals surface area contributed by atoms with Gasteiger partial charge in [0.05, 0.1) is 13.0 Å². The Kier molecular flexibility index (Phi) is 4.45. The molecule has 0 fully saturated rings. The van der Waals surface area contributed by atoms with Crippen molar-refractivity contribution in [3.8, 4) is 11.5 Å². The summed E-state index contributed by atoms with van der Waals surface area (Å²) in [6.07, 6.45) is 0.279. The van der Waals surface area contributed by atoms with E-state index < -0.39 is 11.9 Å². The van der Waals surface area contributed by atoms with Crippen molar-refractivity contribution in [2.75, 3.05) is 7.11 Å². The Labute approximate surface area is 114 Å². The number of carbonyl (C=O) groups is 1. The maximum atomic E-state index is 10.9. The number of benzene rings is 1. The SMILES string of the molecule is COc1cc(C(C)(C)C)cc(CC(C)C(=O)O)c1O. The maximum Gasteiger partial charge on any atom is 0.306 e. The number of hydrogen-bond acceptors (Lipinski definition) is 3. The van der Waals surface area contributed by atoms with E-state index in [1.807, 2.05) is 6.07 Å². The van der Waals surface area contributed by atoms with Gasteiger partial charge in [0, 0.05) is 0 Å². The number of carboxylic acid groups (broad SMARTS) is 1. The fraction of sp³-hybridized carbons (Fsp3) is 0.533. The molecular weight excluding hydrogens is 244 g/mol. The van der Waals surface area contributed by atoms with Crippen molar-refractivity contribution in [1.29, 1.82) is 0 Å². The molecule has 1 aromatic rings. The molecule has 4 heteroatoms. The van der Waals surface area contributed by atoms with Crippen molar-refractivity contribution in [1.82, 2.24) is 0 Å². The van der Waals surface area contributed by atoms with Crippen LogP contribution in [0.15, 0.2) is 12.1 Å². The summed E-state index contributed by atoms with van der Waals surface area (Å²) in [6.45, 7) is 7.80. The molecule has 0 aliphatic carbocycles. The minimum atomic E-state index is -0.875. The summed E-state index contributed by atoms with van der Waals surface area (Å²) in [6, 6.07) is 3.65. The van der Waals surface area contributed by atoms with E-state index in [0.29, 0.717) is 11.3 Å². The molecule has 0 aromatic heterocycles. The van der Waals surface area contributed by atoms with Crippen LogP contribution < -0.4 is 4.74 Å². The minimum absolute atomic E-state index is 0.0311. The van der Waals surface area contributed by atoms with Crippen LogP contribution in [0.1, 0.15) is 38.8 Å². The number of phenolic OH excluding ortho intramolecular Hbond substituents is 1. The molecule has 0 aliphatic heterocycles. The van der Waals surface area contributed by atoms with E-state index in [2.05, 4.69) is 20.8 Å². The Morgan fingerprint density at radius 1 is 1.37 bits per heavy atom. The zero-order valence-corrected chi connectivity index (χ0v) is 12.2. The predicted molar refractivity (Wildman–Crippen MR) is 73.9 cm³/mol. The van der Waals surface area contributed by atoms with Crippen molar-refractivity contribution >= 4 is 5.97 Å². The Morgan fingerprint density at radius 2 is 1.95 bits per heavy atom. The third-order valence-electron chi connectivity index (χ3n) is 3.19. The lowest BCUT2D eigenvalue weighted by molar-refractivity contribution is -0.141. The standard InChI is InChI=1S/C15H22O4/c1-9(14(17)18)6-10-7-11(15(2,3)4)8-12(19-5)13(10)16/h7-9,16H,6H2,1-5H3,(H,17,18). The van der Waals surface area contributed by atoms with Crippen molar-refractivity contribution in [2.24, 2.45) is 5.92 Å². The molecule has 1 rings (SSSR count). The van der Waals surface area contributed by atoms with Crippen LogP contribution in [0.2, 0.25) is 0 Å². The highest BCUT2D eigenvalue weighted by Gasteiger charge is 2.21. The number of aromatic hydroxyl groups is 1. The van der Waals surface area contributed by atoms with Gasteiger partial charge >= 0.3 is 5.97 Å². The highest BCUT2D eigenvalue weighted by atomic mass is 16.5. The smallest absolute Gasteiger partial charge is 0.306 e. The Hall–Kier alpha value is -1.71. The first kappa shape index (κ1) is 15.3.